The number of allylic oxidation sites excluding steroid dienone is 1. The lowest BCUT2D eigenvalue weighted by molar-refractivity contribution is -0.144. The van der Waals surface area contributed by atoms with Crippen molar-refractivity contribution < 1.29 is 42.9 Å². The van der Waals surface area contributed by atoms with Crippen molar-refractivity contribution in [2.24, 2.45) is 17.8 Å². The highest BCUT2D eigenvalue weighted by Crippen LogP contribution is 2.40. The third-order valence-corrected chi connectivity index (χ3v) is 8.09. The second kappa shape index (κ2) is 9.71. The molecule has 0 saturated heterocycles. The van der Waals surface area contributed by atoms with Crippen LogP contribution in [0.2, 0.25) is 0 Å². The molecule has 0 aromatic carbocycles. The summed E-state index contributed by atoms with van der Waals surface area (Å²) in [5, 5.41) is 27.5. The third kappa shape index (κ3) is 6.37. The van der Waals surface area contributed by atoms with Gasteiger partial charge in [0.1, 0.15) is 4.21 Å². The Labute approximate surface area is 183 Å². The van der Waals surface area contributed by atoms with Crippen LogP contribution in [-0.4, -0.2) is 47.6 Å². The zero-order chi connectivity index (χ0) is 22.6. The van der Waals surface area contributed by atoms with Gasteiger partial charge in [0, 0.05) is 18.4 Å². The van der Waals surface area contributed by atoms with Crippen LogP contribution in [-0.2, 0) is 29.2 Å². The first kappa shape index (κ1) is 24.0. The molecule has 1 amide bonds. The number of carbonyl (C=O) groups is 4. The maximum Gasteiger partial charge on any atom is 0.303 e. The molecule has 0 spiro atoms. The molecule has 0 radical (unpaired) electrons. The van der Waals surface area contributed by atoms with Gasteiger partial charge in [0.05, 0.1) is 10.2 Å². The average Bonchev–Trinajstić information content (AvgIpc) is 3.03. The molecule has 2 rings (SSSR count). The number of amides is 1. The van der Waals surface area contributed by atoms with Crippen molar-refractivity contribution in [2.75, 3.05) is 0 Å². The van der Waals surface area contributed by atoms with Crippen LogP contribution in [0.25, 0.3) is 0 Å². The van der Waals surface area contributed by atoms with Crippen LogP contribution < -0.4 is 4.72 Å². The Morgan fingerprint density at radius 2 is 1.63 bits per heavy atom. The Kier molecular flexibility index (Phi) is 7.77. The monoisotopic (exact) mass is 523 g/mol. The van der Waals surface area contributed by atoms with Crippen molar-refractivity contribution in [1.29, 1.82) is 0 Å². The van der Waals surface area contributed by atoms with Crippen molar-refractivity contribution in [3.05, 3.63) is 27.6 Å². The standard InChI is InChI=1S/C17H18BrNO9S2/c18-12-1-2-16(29-12)30(27,28)19-17(26)10-3-8(5-13(20)21)11(7-15(24)25)9(4-10)6-14(22)23/h1-3,8-9,11H,4-7H2,(H,19,26)(H,20,21)(H,22,23)(H,24,25)/t8-,9-,11-/m1/s1. The summed E-state index contributed by atoms with van der Waals surface area (Å²) in [4.78, 5) is 46.3. The quantitative estimate of drug-likeness (QED) is 0.376. The van der Waals surface area contributed by atoms with Crippen LogP contribution >= 0.6 is 27.3 Å². The van der Waals surface area contributed by atoms with Gasteiger partial charge in [-0.2, -0.15) is 0 Å². The van der Waals surface area contributed by atoms with Gasteiger partial charge < -0.3 is 15.3 Å². The first-order valence-corrected chi connectivity index (χ1v) is 11.7. The number of hydrogen-bond donors (Lipinski definition) is 4. The lowest BCUT2D eigenvalue weighted by Gasteiger charge is -2.35. The predicted octanol–water partition coefficient (Wildman–Crippen LogP) is 1.92. The number of aliphatic carboxylic acids is 3. The van der Waals surface area contributed by atoms with E-state index in [1.54, 1.807) is 0 Å². The zero-order valence-corrected chi connectivity index (χ0v) is 18.5. The Morgan fingerprint density at radius 1 is 1.03 bits per heavy atom. The van der Waals surface area contributed by atoms with E-state index in [0.29, 0.717) is 3.79 Å². The highest BCUT2D eigenvalue weighted by Gasteiger charge is 2.39. The molecule has 1 heterocycles. The molecule has 164 valence electrons. The number of carbonyl (C=O) groups excluding carboxylic acids is 1. The second-order valence-electron chi connectivity index (χ2n) is 6.77. The van der Waals surface area contributed by atoms with Gasteiger partial charge in [0.2, 0.25) is 0 Å². The molecule has 0 aliphatic heterocycles. The summed E-state index contributed by atoms with van der Waals surface area (Å²) < 4.78 is 27.1. The summed E-state index contributed by atoms with van der Waals surface area (Å²) >= 11 is 4.01. The highest BCUT2D eigenvalue weighted by molar-refractivity contribution is 9.11. The molecule has 0 bridgehead atoms. The lowest BCUT2D eigenvalue weighted by atomic mass is 9.69. The number of carboxylic acids is 3. The van der Waals surface area contributed by atoms with Crippen molar-refractivity contribution in [3.8, 4) is 0 Å². The number of nitrogens with one attached hydrogen (secondary N) is 1. The van der Waals surface area contributed by atoms with Crippen LogP contribution in [0.3, 0.4) is 0 Å². The molecule has 30 heavy (non-hydrogen) atoms. The van der Waals surface area contributed by atoms with Gasteiger partial charge in [0.15, 0.2) is 0 Å². The van der Waals surface area contributed by atoms with Crippen LogP contribution in [0.1, 0.15) is 25.7 Å². The Balaban J connectivity index is 2.35. The summed E-state index contributed by atoms with van der Waals surface area (Å²) in [6, 6.07) is 2.79. The molecule has 0 fully saturated rings. The molecular weight excluding hydrogens is 506 g/mol. The van der Waals surface area contributed by atoms with Crippen LogP contribution in [0.4, 0.5) is 0 Å². The first-order chi connectivity index (χ1) is 13.9. The molecule has 1 aromatic rings. The molecule has 1 aliphatic rings. The number of halogens is 1. The maximum absolute atomic E-state index is 12.6. The zero-order valence-electron chi connectivity index (χ0n) is 15.3. The third-order valence-electron chi connectivity index (χ3n) is 4.64. The summed E-state index contributed by atoms with van der Waals surface area (Å²) in [6.07, 6.45) is -0.410. The van der Waals surface area contributed by atoms with Gasteiger partial charge in [-0.1, -0.05) is 6.08 Å². The Bertz CT molecular complexity index is 999. The number of thiophene rings is 1. The van der Waals surface area contributed by atoms with Gasteiger partial charge in [-0.25, -0.2) is 13.1 Å². The summed E-state index contributed by atoms with van der Waals surface area (Å²) in [5.74, 6) is -7.31. The Hall–Kier alpha value is -2.25. The molecule has 4 N–H and O–H groups in total. The molecule has 1 aliphatic carbocycles. The van der Waals surface area contributed by atoms with Gasteiger partial charge in [-0.15, -0.1) is 11.3 Å². The van der Waals surface area contributed by atoms with E-state index in [-0.39, 0.29) is 16.2 Å². The van der Waals surface area contributed by atoms with E-state index in [4.69, 9.17) is 15.3 Å². The predicted molar refractivity (Wildman–Crippen MR) is 107 cm³/mol. The molecule has 10 nitrogen and oxygen atoms in total. The molecule has 13 heteroatoms. The molecule has 0 unspecified atom stereocenters. The second-order valence-corrected chi connectivity index (χ2v) is 11.1. The minimum atomic E-state index is -4.18. The normalized spacial score (nSPS) is 21.5. The van der Waals surface area contributed by atoms with Crippen molar-refractivity contribution in [2.45, 2.75) is 29.9 Å². The number of hydrogen-bond acceptors (Lipinski definition) is 7. The molecular formula is C17H18BrNO9S2. The fourth-order valence-electron chi connectivity index (χ4n) is 3.46. The Morgan fingerprint density at radius 3 is 2.13 bits per heavy atom. The fourth-order valence-corrected chi connectivity index (χ4v) is 6.46. The molecule has 1 aromatic heterocycles. The van der Waals surface area contributed by atoms with Gasteiger partial charge in [-0.3, -0.25) is 19.2 Å². The van der Waals surface area contributed by atoms with Crippen molar-refractivity contribution >= 4 is 61.1 Å². The fraction of sp³-hybridized carbons (Fsp3) is 0.412. The van der Waals surface area contributed by atoms with E-state index < -0.39 is 70.9 Å². The van der Waals surface area contributed by atoms with E-state index in [0.717, 1.165) is 11.3 Å². The van der Waals surface area contributed by atoms with E-state index >= 15 is 0 Å². The van der Waals surface area contributed by atoms with Crippen molar-refractivity contribution in [3.63, 3.8) is 0 Å². The lowest BCUT2D eigenvalue weighted by Crippen LogP contribution is -2.37. The van der Waals surface area contributed by atoms with E-state index in [2.05, 4.69) is 15.9 Å². The molecule has 3 atom stereocenters. The van der Waals surface area contributed by atoms with E-state index in [1.807, 2.05) is 4.72 Å². The number of rotatable bonds is 9. The van der Waals surface area contributed by atoms with Crippen molar-refractivity contribution in [1.82, 2.24) is 4.72 Å². The highest BCUT2D eigenvalue weighted by atomic mass is 79.9. The summed E-state index contributed by atoms with van der Waals surface area (Å²) in [5.41, 5.74) is -0.0895. The number of carboxylic acid groups (broad SMARTS) is 3. The van der Waals surface area contributed by atoms with Gasteiger partial charge >= 0.3 is 17.9 Å². The van der Waals surface area contributed by atoms with Crippen LogP contribution in [0.15, 0.2) is 31.8 Å². The SMILES string of the molecule is O=C(O)C[C@H]1CC(C(=O)NS(=O)(=O)c2ccc(Br)s2)=C[C@H](CC(=O)O)[C@H]1CC(=O)O. The number of sulfonamides is 1. The molecule has 0 saturated carbocycles. The minimum Gasteiger partial charge on any atom is -0.481 e. The van der Waals surface area contributed by atoms with Crippen LogP contribution in [0.5, 0.6) is 0 Å². The van der Waals surface area contributed by atoms with Crippen LogP contribution in [0, 0.1) is 17.8 Å². The van der Waals surface area contributed by atoms with Gasteiger partial charge in [0.25, 0.3) is 15.9 Å². The van der Waals surface area contributed by atoms with E-state index in [1.165, 1.54) is 18.2 Å². The minimum absolute atomic E-state index is 0.0895. The summed E-state index contributed by atoms with van der Waals surface area (Å²) in [6.45, 7) is 0. The largest absolute Gasteiger partial charge is 0.481 e. The smallest absolute Gasteiger partial charge is 0.303 e. The first-order valence-electron chi connectivity index (χ1n) is 8.57. The van der Waals surface area contributed by atoms with Gasteiger partial charge in [-0.05, 0) is 52.2 Å². The van der Waals surface area contributed by atoms with E-state index in [9.17, 15) is 27.6 Å². The maximum atomic E-state index is 12.6. The average molecular weight is 524 g/mol. The topological polar surface area (TPSA) is 175 Å². The summed E-state index contributed by atoms with van der Waals surface area (Å²) in [7, 11) is -4.18.